The Morgan fingerprint density at radius 2 is 1.88 bits per heavy atom. The Labute approximate surface area is 161 Å². The summed E-state index contributed by atoms with van der Waals surface area (Å²) in [6.45, 7) is 7.29. The summed E-state index contributed by atoms with van der Waals surface area (Å²) in [5.74, 6) is 1.41. The molecule has 0 radical (unpaired) electrons. The summed E-state index contributed by atoms with van der Waals surface area (Å²) in [7, 11) is 0. The average molecular weight is 381 g/mol. The summed E-state index contributed by atoms with van der Waals surface area (Å²) < 4.78 is 5.91. The molecule has 1 saturated heterocycles. The van der Waals surface area contributed by atoms with Crippen LogP contribution in [0.4, 0.5) is 0 Å². The van der Waals surface area contributed by atoms with E-state index in [0.717, 1.165) is 24.2 Å². The molecule has 0 aromatic heterocycles. The third kappa shape index (κ3) is 5.63. The van der Waals surface area contributed by atoms with Gasteiger partial charge in [0.1, 0.15) is 5.75 Å². The molecule has 0 bridgehead atoms. The summed E-state index contributed by atoms with van der Waals surface area (Å²) >= 11 is 5.63. The number of halogens is 1. The zero-order valence-electron chi connectivity index (χ0n) is 15.8. The fraction of sp³-hybridized carbons (Fsp3) is 0.600. The van der Waals surface area contributed by atoms with Crippen molar-refractivity contribution in [3.05, 3.63) is 29.8 Å². The van der Waals surface area contributed by atoms with E-state index < -0.39 is 6.10 Å². The lowest BCUT2D eigenvalue weighted by Crippen LogP contribution is -2.49. The number of para-hydroxylation sites is 1. The van der Waals surface area contributed by atoms with Gasteiger partial charge in [-0.2, -0.15) is 0 Å². The first-order chi connectivity index (χ1) is 12.4. The van der Waals surface area contributed by atoms with Crippen LogP contribution in [0.15, 0.2) is 24.3 Å². The van der Waals surface area contributed by atoms with Crippen molar-refractivity contribution in [2.24, 2.45) is 0 Å². The predicted octanol–water partition coefficient (Wildman–Crippen LogP) is 3.31. The van der Waals surface area contributed by atoms with Crippen molar-refractivity contribution in [1.82, 2.24) is 10.2 Å². The Bertz CT molecular complexity index is 613. The monoisotopic (exact) mass is 380 g/mol. The first-order valence-electron chi connectivity index (χ1n) is 9.32. The minimum atomic E-state index is -0.564. The molecule has 1 atom stereocenters. The minimum Gasteiger partial charge on any atom is -0.481 e. The summed E-state index contributed by atoms with van der Waals surface area (Å²) in [5, 5.41) is 3.05. The van der Waals surface area contributed by atoms with Gasteiger partial charge in [-0.3, -0.25) is 9.59 Å². The second-order valence-corrected chi connectivity index (χ2v) is 7.43. The topological polar surface area (TPSA) is 58.6 Å². The maximum absolute atomic E-state index is 12.5. The molecule has 1 aromatic carbocycles. The molecule has 0 aliphatic carbocycles. The highest BCUT2D eigenvalue weighted by Crippen LogP contribution is 2.26. The van der Waals surface area contributed by atoms with Crippen LogP contribution in [0.5, 0.6) is 5.75 Å². The van der Waals surface area contributed by atoms with Crippen molar-refractivity contribution in [3.63, 3.8) is 0 Å². The standard InChI is InChI=1S/C20H29ClN2O3/c1-14(2)17-6-4-5-7-18(17)26-15(3)20(25)22-16-9-12-23(13-10-16)19(24)8-11-21/h4-7,14-16H,8-13H2,1-3H3,(H,22,25). The van der Waals surface area contributed by atoms with Crippen molar-refractivity contribution in [3.8, 4) is 5.75 Å². The summed E-state index contributed by atoms with van der Waals surface area (Å²) in [5.41, 5.74) is 1.10. The smallest absolute Gasteiger partial charge is 0.260 e. The summed E-state index contributed by atoms with van der Waals surface area (Å²) in [4.78, 5) is 26.2. The van der Waals surface area contributed by atoms with E-state index >= 15 is 0 Å². The van der Waals surface area contributed by atoms with Crippen molar-refractivity contribution >= 4 is 23.4 Å². The minimum absolute atomic E-state index is 0.0777. The summed E-state index contributed by atoms with van der Waals surface area (Å²) in [6, 6.07) is 7.90. The van der Waals surface area contributed by atoms with Crippen LogP contribution in [0, 0.1) is 0 Å². The van der Waals surface area contributed by atoms with E-state index in [1.165, 1.54) is 0 Å². The second kappa shape index (κ2) is 9.81. The number of hydrogen-bond donors (Lipinski definition) is 1. The number of likely N-dealkylation sites (tertiary alicyclic amines) is 1. The fourth-order valence-corrected chi connectivity index (χ4v) is 3.30. The number of benzene rings is 1. The van der Waals surface area contributed by atoms with E-state index in [4.69, 9.17) is 16.3 Å². The van der Waals surface area contributed by atoms with Crippen LogP contribution in [0.25, 0.3) is 0 Å². The van der Waals surface area contributed by atoms with Crippen LogP contribution < -0.4 is 10.1 Å². The van der Waals surface area contributed by atoms with Gasteiger partial charge in [-0.15, -0.1) is 11.6 Å². The number of nitrogens with zero attached hydrogens (tertiary/aromatic N) is 1. The molecule has 26 heavy (non-hydrogen) atoms. The van der Waals surface area contributed by atoms with Gasteiger partial charge < -0.3 is 15.0 Å². The van der Waals surface area contributed by atoms with Crippen molar-refractivity contribution in [2.75, 3.05) is 19.0 Å². The van der Waals surface area contributed by atoms with Gasteiger partial charge in [0.25, 0.3) is 5.91 Å². The van der Waals surface area contributed by atoms with Gasteiger partial charge in [-0.1, -0.05) is 32.0 Å². The molecule has 6 heteroatoms. The summed E-state index contributed by atoms with van der Waals surface area (Å²) in [6.07, 6.45) is 1.33. The van der Waals surface area contributed by atoms with E-state index in [9.17, 15) is 9.59 Å². The van der Waals surface area contributed by atoms with E-state index in [-0.39, 0.29) is 17.9 Å². The Morgan fingerprint density at radius 3 is 2.50 bits per heavy atom. The van der Waals surface area contributed by atoms with Crippen LogP contribution in [-0.2, 0) is 9.59 Å². The molecule has 1 heterocycles. The lowest BCUT2D eigenvalue weighted by atomic mass is 10.0. The largest absolute Gasteiger partial charge is 0.481 e. The second-order valence-electron chi connectivity index (χ2n) is 7.06. The van der Waals surface area contributed by atoms with Gasteiger partial charge in [0.05, 0.1) is 0 Å². The first-order valence-corrected chi connectivity index (χ1v) is 9.85. The van der Waals surface area contributed by atoms with Crippen LogP contribution in [0.2, 0.25) is 0 Å². The molecule has 144 valence electrons. The molecule has 2 amide bonds. The van der Waals surface area contributed by atoms with Gasteiger partial charge in [0, 0.05) is 31.4 Å². The lowest BCUT2D eigenvalue weighted by molar-refractivity contribution is -0.132. The zero-order valence-corrected chi connectivity index (χ0v) is 16.6. The fourth-order valence-electron chi connectivity index (χ4n) is 3.14. The molecule has 1 aliphatic heterocycles. The number of amides is 2. The third-order valence-corrected chi connectivity index (χ3v) is 4.91. The SMILES string of the molecule is CC(Oc1ccccc1C(C)C)C(=O)NC1CCN(C(=O)CCCl)CC1. The first kappa shape index (κ1) is 20.6. The number of ether oxygens (including phenoxy) is 1. The number of rotatable bonds is 7. The number of carbonyl (C=O) groups is 2. The van der Waals surface area contributed by atoms with Crippen LogP contribution in [0.3, 0.4) is 0 Å². The molecule has 2 rings (SSSR count). The van der Waals surface area contributed by atoms with E-state index in [1.807, 2.05) is 29.2 Å². The molecule has 1 unspecified atom stereocenters. The number of hydrogen-bond acceptors (Lipinski definition) is 3. The maximum atomic E-state index is 12.5. The number of carbonyl (C=O) groups excluding carboxylic acids is 2. The van der Waals surface area contributed by atoms with Gasteiger partial charge in [-0.05, 0) is 37.3 Å². The highest BCUT2D eigenvalue weighted by molar-refractivity contribution is 6.18. The van der Waals surface area contributed by atoms with Crippen molar-refractivity contribution < 1.29 is 14.3 Å². The van der Waals surface area contributed by atoms with Crippen molar-refractivity contribution in [1.29, 1.82) is 0 Å². The Morgan fingerprint density at radius 1 is 1.23 bits per heavy atom. The molecule has 1 fully saturated rings. The molecular weight excluding hydrogens is 352 g/mol. The Hall–Kier alpha value is -1.75. The predicted molar refractivity (Wildman–Crippen MR) is 104 cm³/mol. The molecule has 0 spiro atoms. The van der Waals surface area contributed by atoms with E-state index in [1.54, 1.807) is 6.92 Å². The van der Waals surface area contributed by atoms with Crippen LogP contribution in [-0.4, -0.2) is 47.8 Å². The molecule has 1 aromatic rings. The lowest BCUT2D eigenvalue weighted by Gasteiger charge is -2.33. The molecule has 0 saturated carbocycles. The van der Waals surface area contributed by atoms with Crippen LogP contribution in [0.1, 0.15) is 51.5 Å². The quantitative estimate of drug-likeness (QED) is 0.738. The Balaban J connectivity index is 1.84. The maximum Gasteiger partial charge on any atom is 0.260 e. The molecular formula is C20H29ClN2O3. The normalized spacial score (nSPS) is 16.4. The molecule has 1 N–H and O–H groups in total. The average Bonchev–Trinajstić information content (AvgIpc) is 2.62. The van der Waals surface area contributed by atoms with Gasteiger partial charge in [-0.25, -0.2) is 0 Å². The van der Waals surface area contributed by atoms with E-state index in [0.29, 0.717) is 31.3 Å². The van der Waals surface area contributed by atoms with Gasteiger partial charge >= 0.3 is 0 Å². The number of alkyl halides is 1. The highest BCUT2D eigenvalue weighted by atomic mass is 35.5. The number of piperidine rings is 1. The third-order valence-electron chi connectivity index (χ3n) is 4.72. The van der Waals surface area contributed by atoms with Crippen molar-refractivity contribution in [2.45, 2.75) is 58.1 Å². The highest BCUT2D eigenvalue weighted by Gasteiger charge is 2.25. The molecule has 1 aliphatic rings. The van der Waals surface area contributed by atoms with Gasteiger partial charge in [0.2, 0.25) is 5.91 Å². The number of nitrogens with one attached hydrogen (secondary N) is 1. The molecule has 5 nitrogen and oxygen atoms in total. The van der Waals surface area contributed by atoms with Crippen LogP contribution >= 0.6 is 11.6 Å². The Kier molecular flexibility index (Phi) is 7.76. The zero-order chi connectivity index (χ0) is 19.1. The van der Waals surface area contributed by atoms with Gasteiger partial charge in [0.15, 0.2) is 6.10 Å². The van der Waals surface area contributed by atoms with E-state index in [2.05, 4.69) is 19.2 Å².